The number of nitrogens with zero attached hydrogens (tertiary/aromatic N) is 2. The minimum absolute atomic E-state index is 0.0491. The Morgan fingerprint density at radius 3 is 2.29 bits per heavy atom. The number of aliphatic hydroxyl groups excluding tert-OH is 1. The van der Waals surface area contributed by atoms with Gasteiger partial charge >= 0.3 is 0 Å². The molecule has 0 spiro atoms. The van der Waals surface area contributed by atoms with Gasteiger partial charge < -0.3 is 28.8 Å². The summed E-state index contributed by atoms with van der Waals surface area (Å²) in [5.41, 5.74) is 0.166. The van der Waals surface area contributed by atoms with Crippen LogP contribution in [0, 0.1) is 6.92 Å². The molecule has 2 heterocycles. The monoisotopic (exact) mass is 428 g/mol. The maximum absolute atomic E-state index is 13.1. The van der Waals surface area contributed by atoms with E-state index in [0.717, 1.165) is 6.54 Å². The molecular formula is C23H28N2O6. The maximum atomic E-state index is 13.1. The molecule has 1 N–H and O–H groups in total. The summed E-state index contributed by atoms with van der Waals surface area (Å²) in [7, 11) is 6.79. The lowest BCUT2D eigenvalue weighted by molar-refractivity contribution is -0.140. The minimum Gasteiger partial charge on any atom is -0.506 e. The Kier molecular flexibility index (Phi) is 6.70. The number of benzene rings is 1. The van der Waals surface area contributed by atoms with Crippen molar-refractivity contribution in [2.24, 2.45) is 0 Å². The van der Waals surface area contributed by atoms with E-state index in [0.29, 0.717) is 36.0 Å². The van der Waals surface area contributed by atoms with Crippen LogP contribution in [0.25, 0.3) is 5.76 Å². The molecule has 1 aromatic heterocycles. The van der Waals surface area contributed by atoms with Gasteiger partial charge in [0, 0.05) is 6.54 Å². The van der Waals surface area contributed by atoms with E-state index >= 15 is 0 Å². The average Bonchev–Trinajstić information content (AvgIpc) is 3.28. The lowest BCUT2D eigenvalue weighted by Gasteiger charge is -2.24. The molecule has 2 aromatic rings. The fourth-order valence-corrected chi connectivity index (χ4v) is 3.78. The number of carbonyl (C=O) groups excluding carboxylic acids is 2. The van der Waals surface area contributed by atoms with Gasteiger partial charge in [0.25, 0.3) is 11.7 Å². The van der Waals surface area contributed by atoms with Gasteiger partial charge in [-0.25, -0.2) is 0 Å². The van der Waals surface area contributed by atoms with E-state index in [1.165, 1.54) is 19.1 Å². The number of Topliss-reactive ketones (excluding diaryl/α,β-unsaturated/α-hetero) is 1. The molecule has 0 aliphatic carbocycles. The Morgan fingerprint density at radius 1 is 1.13 bits per heavy atom. The van der Waals surface area contributed by atoms with Gasteiger partial charge in [0.05, 0.1) is 19.8 Å². The summed E-state index contributed by atoms with van der Waals surface area (Å²) < 4.78 is 16.5. The third-order valence-electron chi connectivity index (χ3n) is 5.24. The fraction of sp³-hybridized carbons (Fsp3) is 0.391. The molecule has 1 amide bonds. The normalized spacial score (nSPS) is 18.1. The van der Waals surface area contributed by atoms with Gasteiger partial charge in [-0.1, -0.05) is 6.07 Å². The van der Waals surface area contributed by atoms with E-state index in [2.05, 4.69) is 0 Å². The highest BCUT2D eigenvalue weighted by Crippen LogP contribution is 2.43. The van der Waals surface area contributed by atoms with Crippen LogP contribution in [0.2, 0.25) is 0 Å². The van der Waals surface area contributed by atoms with Crippen LogP contribution in [-0.2, 0) is 9.59 Å². The van der Waals surface area contributed by atoms with Crippen molar-refractivity contribution in [1.29, 1.82) is 0 Å². The largest absolute Gasteiger partial charge is 0.506 e. The molecule has 1 aliphatic rings. The van der Waals surface area contributed by atoms with Crippen molar-refractivity contribution in [2.75, 3.05) is 41.4 Å². The van der Waals surface area contributed by atoms with E-state index in [9.17, 15) is 14.7 Å². The fourth-order valence-electron chi connectivity index (χ4n) is 3.78. The average molecular weight is 428 g/mol. The number of aliphatic hydroxyl groups is 1. The number of hydrogen-bond acceptors (Lipinski definition) is 7. The Labute approximate surface area is 181 Å². The summed E-state index contributed by atoms with van der Waals surface area (Å²) in [6.07, 6.45) is 0.661. The van der Waals surface area contributed by atoms with Crippen LogP contribution in [-0.4, -0.2) is 68.0 Å². The number of ketones is 1. The molecule has 0 saturated carbocycles. The second-order valence-electron chi connectivity index (χ2n) is 7.64. The van der Waals surface area contributed by atoms with E-state index in [1.54, 1.807) is 37.3 Å². The topological polar surface area (TPSA) is 92.4 Å². The van der Waals surface area contributed by atoms with Gasteiger partial charge in [-0.2, -0.15) is 0 Å². The van der Waals surface area contributed by atoms with E-state index in [1.807, 2.05) is 19.0 Å². The Hall–Kier alpha value is -3.26. The number of furan rings is 1. The Balaban J connectivity index is 2.17. The summed E-state index contributed by atoms with van der Waals surface area (Å²) in [5.74, 6) is -0.0971. The van der Waals surface area contributed by atoms with E-state index in [4.69, 9.17) is 13.9 Å². The van der Waals surface area contributed by atoms with Gasteiger partial charge in [0.2, 0.25) is 0 Å². The number of amides is 1. The highest BCUT2D eigenvalue weighted by atomic mass is 16.5. The van der Waals surface area contributed by atoms with E-state index in [-0.39, 0.29) is 16.9 Å². The van der Waals surface area contributed by atoms with Crippen molar-refractivity contribution < 1.29 is 28.6 Å². The van der Waals surface area contributed by atoms with Crippen molar-refractivity contribution in [1.82, 2.24) is 9.80 Å². The molecule has 0 bridgehead atoms. The summed E-state index contributed by atoms with van der Waals surface area (Å²) in [5, 5.41) is 11.3. The summed E-state index contributed by atoms with van der Waals surface area (Å²) in [4.78, 5) is 29.5. The summed E-state index contributed by atoms with van der Waals surface area (Å²) >= 11 is 0. The predicted molar refractivity (Wildman–Crippen MR) is 115 cm³/mol. The van der Waals surface area contributed by atoms with Crippen molar-refractivity contribution >= 4 is 17.4 Å². The maximum Gasteiger partial charge on any atom is 0.295 e. The summed E-state index contributed by atoms with van der Waals surface area (Å²) in [6.45, 7) is 2.87. The zero-order valence-electron chi connectivity index (χ0n) is 18.5. The molecule has 1 fully saturated rings. The molecule has 1 aromatic carbocycles. The molecular weight excluding hydrogens is 400 g/mol. The second-order valence-corrected chi connectivity index (χ2v) is 7.64. The standard InChI is InChI=1S/C23H28N2O6/c1-14-10-11-17(31-14)20-19(22(27)23(28)25(20)13-7-12-24(2)3)21(26)18-15(29-4)8-6-9-16(18)30-5/h6,8-11,20,26H,7,12-13H2,1-5H3/b21-19+. The van der Waals surface area contributed by atoms with Gasteiger partial charge in [-0.05, 0) is 58.3 Å². The molecule has 1 atom stereocenters. The number of methoxy groups -OCH3 is 2. The highest BCUT2D eigenvalue weighted by molar-refractivity contribution is 6.46. The zero-order chi connectivity index (χ0) is 22.7. The van der Waals surface area contributed by atoms with Crippen molar-refractivity contribution in [2.45, 2.75) is 19.4 Å². The predicted octanol–water partition coefficient (Wildman–Crippen LogP) is 2.98. The smallest absolute Gasteiger partial charge is 0.295 e. The first-order valence-corrected chi connectivity index (χ1v) is 10.0. The molecule has 0 radical (unpaired) electrons. The third kappa shape index (κ3) is 4.29. The van der Waals surface area contributed by atoms with Gasteiger partial charge in [-0.15, -0.1) is 0 Å². The number of likely N-dealkylation sites (tertiary alicyclic amines) is 1. The van der Waals surface area contributed by atoms with Crippen LogP contribution in [0.3, 0.4) is 0 Å². The quantitative estimate of drug-likeness (QED) is 0.393. The number of hydrogen-bond donors (Lipinski definition) is 1. The van der Waals surface area contributed by atoms with Crippen LogP contribution in [0.4, 0.5) is 0 Å². The molecule has 1 saturated heterocycles. The van der Waals surface area contributed by atoms with Crippen LogP contribution >= 0.6 is 0 Å². The van der Waals surface area contributed by atoms with Crippen molar-refractivity contribution in [3.63, 3.8) is 0 Å². The Morgan fingerprint density at radius 2 is 1.77 bits per heavy atom. The molecule has 3 rings (SSSR count). The third-order valence-corrected chi connectivity index (χ3v) is 5.24. The van der Waals surface area contributed by atoms with Crippen molar-refractivity contribution in [3.8, 4) is 11.5 Å². The van der Waals surface area contributed by atoms with Crippen LogP contribution < -0.4 is 9.47 Å². The zero-order valence-corrected chi connectivity index (χ0v) is 18.5. The summed E-state index contributed by atoms with van der Waals surface area (Å²) in [6, 6.07) is 7.65. The molecule has 1 aliphatic heterocycles. The van der Waals surface area contributed by atoms with Gasteiger partial charge in [-0.3, -0.25) is 9.59 Å². The number of rotatable bonds is 8. The molecule has 8 nitrogen and oxygen atoms in total. The number of carbonyl (C=O) groups is 2. The van der Waals surface area contributed by atoms with Gasteiger partial charge in [0.15, 0.2) is 0 Å². The van der Waals surface area contributed by atoms with Gasteiger partial charge in [0.1, 0.15) is 40.4 Å². The molecule has 31 heavy (non-hydrogen) atoms. The second kappa shape index (κ2) is 9.26. The SMILES string of the molecule is COc1cccc(OC)c1/C(O)=C1\C(=O)C(=O)N(CCCN(C)C)C1c1ccc(C)o1. The molecule has 166 valence electrons. The lowest BCUT2D eigenvalue weighted by Crippen LogP contribution is -2.32. The first-order chi connectivity index (χ1) is 14.8. The number of ether oxygens (including phenoxy) is 2. The Bertz CT molecular complexity index is 985. The van der Waals surface area contributed by atoms with Crippen LogP contribution in [0.1, 0.15) is 29.5 Å². The molecule has 8 heteroatoms. The van der Waals surface area contributed by atoms with Crippen LogP contribution in [0.15, 0.2) is 40.3 Å². The van der Waals surface area contributed by atoms with Crippen LogP contribution in [0.5, 0.6) is 11.5 Å². The molecule has 1 unspecified atom stereocenters. The highest BCUT2D eigenvalue weighted by Gasteiger charge is 2.47. The van der Waals surface area contributed by atoms with E-state index < -0.39 is 17.7 Å². The first kappa shape index (κ1) is 22.4. The first-order valence-electron chi connectivity index (χ1n) is 10.0. The van der Waals surface area contributed by atoms with Crippen molar-refractivity contribution in [3.05, 3.63) is 53.0 Å². The number of aryl methyl sites for hydroxylation is 1. The minimum atomic E-state index is -0.842. The lowest BCUT2D eigenvalue weighted by atomic mass is 9.98.